The number of fused-ring (bicyclic) bond motifs is 1. The van der Waals surface area contributed by atoms with Crippen LogP contribution in [0.2, 0.25) is 0 Å². The third kappa shape index (κ3) is 2.23. The first-order valence-corrected chi connectivity index (χ1v) is 7.75. The summed E-state index contributed by atoms with van der Waals surface area (Å²) in [7, 11) is 0. The minimum atomic E-state index is -0.355. The van der Waals surface area contributed by atoms with Gasteiger partial charge < -0.3 is 15.5 Å². The molecule has 3 aromatic rings. The van der Waals surface area contributed by atoms with Crippen LogP contribution in [0.5, 0.6) is 0 Å². The summed E-state index contributed by atoms with van der Waals surface area (Å²) in [5, 5.41) is 7.56. The molecule has 8 heteroatoms. The summed E-state index contributed by atoms with van der Waals surface area (Å²) in [5.74, 6) is 0.827. The molecule has 1 aliphatic rings. The van der Waals surface area contributed by atoms with E-state index in [2.05, 4.69) is 20.2 Å². The predicted molar refractivity (Wildman–Crippen MR) is 91.7 cm³/mol. The lowest BCUT2D eigenvalue weighted by atomic mass is 10.1. The van der Waals surface area contributed by atoms with Crippen LogP contribution in [0.25, 0.3) is 11.0 Å². The molecule has 1 aromatic carbocycles. The number of carbonyl (C=O) groups is 1. The van der Waals surface area contributed by atoms with E-state index in [0.717, 1.165) is 11.1 Å². The van der Waals surface area contributed by atoms with Crippen LogP contribution >= 0.6 is 0 Å². The number of hydrogen-bond donors (Lipinski definition) is 2. The molecule has 4 rings (SSSR count). The monoisotopic (exact) mass is 323 g/mol. The van der Waals surface area contributed by atoms with Crippen LogP contribution in [0.3, 0.4) is 0 Å². The second-order valence-electron chi connectivity index (χ2n) is 5.73. The van der Waals surface area contributed by atoms with Crippen molar-refractivity contribution in [2.24, 2.45) is 0 Å². The van der Waals surface area contributed by atoms with Gasteiger partial charge in [-0.15, -0.1) is 0 Å². The van der Waals surface area contributed by atoms with E-state index in [9.17, 15) is 4.79 Å². The average molecular weight is 323 g/mol. The van der Waals surface area contributed by atoms with Crippen LogP contribution in [0.15, 0.2) is 36.5 Å². The molecule has 3 heterocycles. The molecule has 0 radical (unpaired) electrons. The van der Waals surface area contributed by atoms with Gasteiger partial charge in [-0.1, -0.05) is 18.2 Å². The lowest BCUT2D eigenvalue weighted by molar-refractivity contribution is -0.120. The number of H-pyrrole nitrogens is 1. The lowest BCUT2D eigenvalue weighted by Crippen LogP contribution is -2.56. The highest BCUT2D eigenvalue weighted by atomic mass is 16.2. The molecule has 122 valence electrons. The Morgan fingerprint density at radius 2 is 2.00 bits per heavy atom. The molecule has 0 bridgehead atoms. The van der Waals surface area contributed by atoms with Crippen LogP contribution in [-0.4, -0.2) is 45.2 Å². The number of carbonyl (C=O) groups excluding carboxylic acids is 1. The Morgan fingerprint density at radius 3 is 2.79 bits per heavy atom. The Bertz CT molecular complexity index is 892. The van der Waals surface area contributed by atoms with Gasteiger partial charge in [0.15, 0.2) is 5.65 Å². The van der Waals surface area contributed by atoms with E-state index in [0.29, 0.717) is 24.6 Å². The molecule has 1 unspecified atom stereocenters. The molecule has 0 aliphatic carbocycles. The summed E-state index contributed by atoms with van der Waals surface area (Å²) in [6.45, 7) is 3.11. The fourth-order valence-corrected chi connectivity index (χ4v) is 3.08. The van der Waals surface area contributed by atoms with E-state index in [1.54, 1.807) is 11.1 Å². The lowest BCUT2D eigenvalue weighted by Gasteiger charge is -2.39. The van der Waals surface area contributed by atoms with E-state index in [1.807, 2.05) is 42.2 Å². The number of nitrogens with one attached hydrogen (secondary N) is 1. The molecule has 3 N–H and O–H groups in total. The number of anilines is 3. The van der Waals surface area contributed by atoms with Gasteiger partial charge in [0.05, 0.1) is 11.6 Å². The summed E-state index contributed by atoms with van der Waals surface area (Å²) in [6.07, 6.45) is 1.66. The average Bonchev–Trinajstić information content (AvgIpc) is 3.06. The van der Waals surface area contributed by atoms with Crippen molar-refractivity contribution in [3.05, 3.63) is 36.5 Å². The van der Waals surface area contributed by atoms with Crippen molar-refractivity contribution in [3.63, 3.8) is 0 Å². The summed E-state index contributed by atoms with van der Waals surface area (Å²) in [6, 6.07) is 9.33. The maximum Gasteiger partial charge on any atom is 0.249 e. The standard InChI is InChI=1S/C16H17N7O/c1-10-15(24)23(11-5-3-2-4-6-11)8-7-22(10)14-12-9-18-21-13(12)19-16(17)20-14/h2-6,9-10H,7-8H2,1H3,(H3,17,18,19,20,21). The zero-order chi connectivity index (χ0) is 16.7. The molecule has 2 aromatic heterocycles. The van der Waals surface area contributed by atoms with Gasteiger partial charge in [0.1, 0.15) is 11.9 Å². The first-order chi connectivity index (χ1) is 11.6. The van der Waals surface area contributed by atoms with Crippen LogP contribution in [0.4, 0.5) is 17.5 Å². The van der Waals surface area contributed by atoms with E-state index >= 15 is 0 Å². The third-order valence-electron chi connectivity index (χ3n) is 4.30. The molecule has 24 heavy (non-hydrogen) atoms. The van der Waals surface area contributed by atoms with Gasteiger partial charge in [-0.05, 0) is 19.1 Å². The third-order valence-corrected chi connectivity index (χ3v) is 4.30. The first kappa shape index (κ1) is 14.4. The number of nitrogens with two attached hydrogens (primary N) is 1. The molecule has 8 nitrogen and oxygen atoms in total. The quantitative estimate of drug-likeness (QED) is 0.734. The van der Waals surface area contributed by atoms with Gasteiger partial charge in [-0.25, -0.2) is 0 Å². The van der Waals surface area contributed by atoms with Crippen LogP contribution in [-0.2, 0) is 4.79 Å². The number of benzene rings is 1. The summed E-state index contributed by atoms with van der Waals surface area (Å²) >= 11 is 0. The van der Waals surface area contributed by atoms with Crippen molar-refractivity contribution in [3.8, 4) is 0 Å². The summed E-state index contributed by atoms with van der Waals surface area (Å²) in [5.41, 5.74) is 7.28. The number of aromatic amines is 1. The van der Waals surface area contributed by atoms with Gasteiger partial charge in [-0.2, -0.15) is 15.1 Å². The Kier molecular flexibility index (Phi) is 3.30. The number of hydrogen-bond acceptors (Lipinski definition) is 6. The molecule has 1 fully saturated rings. The minimum absolute atomic E-state index is 0.0290. The molecular weight excluding hydrogens is 306 g/mol. The molecular formula is C16H17N7O. The minimum Gasteiger partial charge on any atom is -0.368 e. The van der Waals surface area contributed by atoms with Crippen molar-refractivity contribution in [2.75, 3.05) is 28.6 Å². The second kappa shape index (κ2) is 5.48. The van der Waals surface area contributed by atoms with Crippen molar-refractivity contribution in [2.45, 2.75) is 13.0 Å². The Hall–Kier alpha value is -3.16. The molecule has 1 atom stereocenters. The molecule has 1 saturated heterocycles. The van der Waals surface area contributed by atoms with Crippen molar-refractivity contribution >= 4 is 34.4 Å². The summed E-state index contributed by atoms with van der Waals surface area (Å²) < 4.78 is 0. The largest absolute Gasteiger partial charge is 0.368 e. The number of para-hydroxylation sites is 1. The smallest absolute Gasteiger partial charge is 0.249 e. The number of rotatable bonds is 2. The molecule has 1 amide bonds. The topological polar surface area (TPSA) is 104 Å². The Morgan fingerprint density at radius 1 is 1.21 bits per heavy atom. The van der Waals surface area contributed by atoms with E-state index in [-0.39, 0.29) is 17.9 Å². The highest BCUT2D eigenvalue weighted by molar-refractivity contribution is 6.01. The highest BCUT2D eigenvalue weighted by Gasteiger charge is 2.34. The maximum atomic E-state index is 12.9. The summed E-state index contributed by atoms with van der Waals surface area (Å²) in [4.78, 5) is 25.1. The normalized spacial score (nSPS) is 18.4. The van der Waals surface area contributed by atoms with E-state index < -0.39 is 0 Å². The number of nitrogen functional groups attached to an aromatic ring is 1. The van der Waals surface area contributed by atoms with Crippen molar-refractivity contribution < 1.29 is 4.79 Å². The van der Waals surface area contributed by atoms with E-state index in [4.69, 9.17) is 5.73 Å². The highest BCUT2D eigenvalue weighted by Crippen LogP contribution is 2.28. The van der Waals surface area contributed by atoms with Gasteiger partial charge in [0.2, 0.25) is 11.9 Å². The zero-order valence-electron chi connectivity index (χ0n) is 13.2. The number of aromatic nitrogens is 4. The maximum absolute atomic E-state index is 12.9. The van der Waals surface area contributed by atoms with Gasteiger partial charge in [-0.3, -0.25) is 9.89 Å². The van der Waals surface area contributed by atoms with Crippen molar-refractivity contribution in [1.29, 1.82) is 0 Å². The second-order valence-corrected chi connectivity index (χ2v) is 5.73. The van der Waals surface area contributed by atoms with Crippen LogP contribution in [0.1, 0.15) is 6.92 Å². The zero-order valence-corrected chi connectivity index (χ0v) is 13.2. The fourth-order valence-electron chi connectivity index (χ4n) is 3.08. The Labute approximate surface area is 138 Å². The van der Waals surface area contributed by atoms with Crippen LogP contribution in [0, 0.1) is 0 Å². The van der Waals surface area contributed by atoms with E-state index in [1.165, 1.54) is 0 Å². The van der Waals surface area contributed by atoms with Gasteiger partial charge >= 0.3 is 0 Å². The predicted octanol–water partition coefficient (Wildman–Crippen LogP) is 1.18. The number of amides is 1. The first-order valence-electron chi connectivity index (χ1n) is 7.75. The van der Waals surface area contributed by atoms with Gasteiger partial charge in [0, 0.05) is 18.8 Å². The molecule has 0 saturated carbocycles. The van der Waals surface area contributed by atoms with Crippen LogP contribution < -0.4 is 15.5 Å². The molecule has 0 spiro atoms. The number of nitrogens with zero attached hydrogens (tertiary/aromatic N) is 5. The van der Waals surface area contributed by atoms with Crippen molar-refractivity contribution in [1.82, 2.24) is 20.2 Å². The SMILES string of the molecule is CC1C(=O)N(c2ccccc2)CCN1c1nc(N)nc2[nH]ncc12. The van der Waals surface area contributed by atoms with Gasteiger partial charge in [0.25, 0.3) is 0 Å². The Balaban J connectivity index is 1.69. The fraction of sp³-hybridized carbons (Fsp3) is 0.250. The number of piperazine rings is 1. The molecule has 1 aliphatic heterocycles.